The molecule has 2 aromatic rings. The standard InChI is InChI=1S/C20H23N5O2/c1-27-17-13-21-20(22-14-17)24-11-8-16(9-12-24)19(26)25-18(7-10-23-25)15-5-3-2-4-6-15/h2-6,10,13-14,16,18H,7-9,11-12H2,1H3/t18-/m0/s1. The molecule has 4 rings (SSSR count). The van der Waals surface area contributed by atoms with Crippen molar-refractivity contribution in [3.8, 4) is 5.75 Å². The first-order valence-corrected chi connectivity index (χ1v) is 9.27. The number of piperidine rings is 1. The Balaban J connectivity index is 1.38. The highest BCUT2D eigenvalue weighted by atomic mass is 16.5. The van der Waals surface area contributed by atoms with Crippen molar-refractivity contribution in [3.05, 3.63) is 48.3 Å². The van der Waals surface area contributed by atoms with Gasteiger partial charge in [-0.2, -0.15) is 5.10 Å². The fourth-order valence-corrected chi connectivity index (χ4v) is 3.67. The van der Waals surface area contributed by atoms with E-state index in [1.807, 2.05) is 24.4 Å². The topological polar surface area (TPSA) is 70.9 Å². The second-order valence-electron chi connectivity index (χ2n) is 6.83. The molecule has 7 heteroatoms. The molecule has 0 spiro atoms. The van der Waals surface area contributed by atoms with Crippen LogP contribution in [0, 0.1) is 5.92 Å². The Morgan fingerprint density at radius 2 is 1.81 bits per heavy atom. The number of benzene rings is 1. The Hall–Kier alpha value is -2.96. The molecule has 1 atom stereocenters. The third-order valence-electron chi connectivity index (χ3n) is 5.22. The van der Waals surface area contributed by atoms with E-state index in [1.165, 1.54) is 0 Å². The quantitative estimate of drug-likeness (QED) is 0.833. The number of hydrogen-bond acceptors (Lipinski definition) is 6. The van der Waals surface area contributed by atoms with Gasteiger partial charge in [0, 0.05) is 31.6 Å². The van der Waals surface area contributed by atoms with E-state index in [2.05, 4.69) is 32.1 Å². The lowest BCUT2D eigenvalue weighted by atomic mass is 9.94. The van der Waals surface area contributed by atoms with Crippen molar-refractivity contribution in [2.75, 3.05) is 25.1 Å². The largest absolute Gasteiger partial charge is 0.494 e. The molecule has 0 unspecified atom stereocenters. The van der Waals surface area contributed by atoms with Gasteiger partial charge in [-0.15, -0.1) is 0 Å². The molecule has 3 heterocycles. The van der Waals surface area contributed by atoms with Gasteiger partial charge in [-0.1, -0.05) is 30.3 Å². The molecule has 7 nitrogen and oxygen atoms in total. The van der Waals surface area contributed by atoms with Crippen molar-refractivity contribution in [1.29, 1.82) is 0 Å². The molecule has 1 amide bonds. The van der Waals surface area contributed by atoms with Crippen LogP contribution in [0.5, 0.6) is 5.75 Å². The van der Waals surface area contributed by atoms with Crippen molar-refractivity contribution in [2.45, 2.75) is 25.3 Å². The summed E-state index contributed by atoms with van der Waals surface area (Å²) in [4.78, 5) is 23.9. The molecular formula is C20H23N5O2. The molecule has 0 N–H and O–H groups in total. The number of carbonyl (C=O) groups is 1. The lowest BCUT2D eigenvalue weighted by Gasteiger charge is -2.33. The van der Waals surface area contributed by atoms with Crippen LogP contribution in [0.25, 0.3) is 0 Å². The maximum absolute atomic E-state index is 13.1. The summed E-state index contributed by atoms with van der Waals surface area (Å²) in [6, 6.07) is 10.1. The van der Waals surface area contributed by atoms with Gasteiger partial charge < -0.3 is 9.64 Å². The number of hydrazone groups is 1. The van der Waals surface area contributed by atoms with Crippen LogP contribution in [0.3, 0.4) is 0 Å². The molecule has 0 bridgehead atoms. The van der Waals surface area contributed by atoms with Crippen LogP contribution in [0.1, 0.15) is 30.9 Å². The minimum Gasteiger partial charge on any atom is -0.494 e. The van der Waals surface area contributed by atoms with E-state index >= 15 is 0 Å². The number of anilines is 1. The summed E-state index contributed by atoms with van der Waals surface area (Å²) in [5.41, 5.74) is 1.13. The molecule has 1 aromatic carbocycles. The van der Waals surface area contributed by atoms with Crippen LogP contribution < -0.4 is 9.64 Å². The number of rotatable bonds is 4. The van der Waals surface area contributed by atoms with E-state index in [0.29, 0.717) is 11.7 Å². The molecule has 2 aliphatic rings. The van der Waals surface area contributed by atoms with Gasteiger partial charge in [-0.3, -0.25) is 4.79 Å². The minimum absolute atomic E-state index is 0.0130. The molecule has 140 valence electrons. The number of ether oxygens (including phenoxy) is 1. The highest BCUT2D eigenvalue weighted by Gasteiger charge is 2.35. The summed E-state index contributed by atoms with van der Waals surface area (Å²) in [6.07, 6.45) is 7.51. The highest BCUT2D eigenvalue weighted by molar-refractivity contribution is 5.82. The molecule has 27 heavy (non-hydrogen) atoms. The summed E-state index contributed by atoms with van der Waals surface area (Å²) < 4.78 is 5.10. The molecule has 2 aliphatic heterocycles. The van der Waals surface area contributed by atoms with E-state index in [0.717, 1.165) is 37.9 Å². The van der Waals surface area contributed by atoms with Crippen LogP contribution in [-0.2, 0) is 4.79 Å². The number of aromatic nitrogens is 2. The van der Waals surface area contributed by atoms with Crippen LogP contribution in [-0.4, -0.2) is 47.3 Å². The lowest BCUT2D eigenvalue weighted by molar-refractivity contribution is -0.138. The van der Waals surface area contributed by atoms with Gasteiger partial charge in [0.1, 0.15) is 0 Å². The maximum Gasteiger partial charge on any atom is 0.246 e. The summed E-state index contributed by atoms with van der Waals surface area (Å²) in [6.45, 7) is 1.52. The molecule has 0 radical (unpaired) electrons. The Bertz CT molecular complexity index is 801. The zero-order valence-corrected chi connectivity index (χ0v) is 15.4. The van der Waals surface area contributed by atoms with Crippen molar-refractivity contribution in [1.82, 2.24) is 15.0 Å². The van der Waals surface area contributed by atoms with E-state index in [9.17, 15) is 4.79 Å². The Labute approximate surface area is 158 Å². The monoisotopic (exact) mass is 365 g/mol. The lowest BCUT2D eigenvalue weighted by Crippen LogP contribution is -2.41. The first kappa shape index (κ1) is 17.5. The number of carbonyl (C=O) groups excluding carboxylic acids is 1. The Morgan fingerprint density at radius 3 is 2.48 bits per heavy atom. The number of hydrogen-bond donors (Lipinski definition) is 0. The van der Waals surface area contributed by atoms with Gasteiger partial charge in [0.25, 0.3) is 0 Å². The van der Waals surface area contributed by atoms with Crippen LogP contribution in [0.4, 0.5) is 5.95 Å². The van der Waals surface area contributed by atoms with Crippen molar-refractivity contribution in [2.24, 2.45) is 11.0 Å². The molecular weight excluding hydrogens is 342 g/mol. The fraction of sp³-hybridized carbons (Fsp3) is 0.400. The van der Waals surface area contributed by atoms with Gasteiger partial charge in [0.15, 0.2) is 5.75 Å². The van der Waals surface area contributed by atoms with Crippen molar-refractivity contribution >= 4 is 18.1 Å². The number of amides is 1. The second kappa shape index (κ2) is 7.73. The van der Waals surface area contributed by atoms with Gasteiger partial charge in [-0.05, 0) is 18.4 Å². The second-order valence-corrected chi connectivity index (χ2v) is 6.83. The number of nitrogens with zero attached hydrogens (tertiary/aromatic N) is 5. The number of methoxy groups -OCH3 is 1. The summed E-state index contributed by atoms with van der Waals surface area (Å²) in [5.74, 6) is 1.43. The Morgan fingerprint density at radius 1 is 1.11 bits per heavy atom. The summed E-state index contributed by atoms with van der Waals surface area (Å²) in [5, 5.41) is 6.05. The smallest absolute Gasteiger partial charge is 0.246 e. The third kappa shape index (κ3) is 3.63. The average molecular weight is 365 g/mol. The predicted molar refractivity (Wildman–Crippen MR) is 103 cm³/mol. The van der Waals surface area contributed by atoms with Gasteiger partial charge in [0.2, 0.25) is 11.9 Å². The van der Waals surface area contributed by atoms with Crippen molar-refractivity contribution < 1.29 is 9.53 Å². The van der Waals surface area contributed by atoms with Gasteiger partial charge >= 0.3 is 0 Å². The summed E-state index contributed by atoms with van der Waals surface area (Å²) >= 11 is 0. The molecule has 1 saturated heterocycles. The maximum atomic E-state index is 13.1. The van der Waals surface area contributed by atoms with Gasteiger partial charge in [0.05, 0.1) is 25.5 Å². The van der Waals surface area contributed by atoms with E-state index in [1.54, 1.807) is 24.5 Å². The van der Waals surface area contributed by atoms with Crippen LogP contribution >= 0.6 is 0 Å². The van der Waals surface area contributed by atoms with Crippen molar-refractivity contribution in [3.63, 3.8) is 0 Å². The SMILES string of the molecule is COc1cnc(N2CCC(C(=O)N3N=CC[C@H]3c3ccccc3)CC2)nc1. The van der Waals surface area contributed by atoms with E-state index in [-0.39, 0.29) is 17.9 Å². The highest BCUT2D eigenvalue weighted by Crippen LogP contribution is 2.32. The fourth-order valence-electron chi connectivity index (χ4n) is 3.67. The zero-order valence-electron chi connectivity index (χ0n) is 15.4. The third-order valence-corrected chi connectivity index (χ3v) is 5.22. The zero-order chi connectivity index (χ0) is 18.6. The van der Waals surface area contributed by atoms with E-state index in [4.69, 9.17) is 4.74 Å². The Kier molecular flexibility index (Phi) is 5.00. The molecule has 1 aromatic heterocycles. The van der Waals surface area contributed by atoms with Crippen LogP contribution in [0.15, 0.2) is 47.8 Å². The predicted octanol–water partition coefficient (Wildman–Crippen LogP) is 2.66. The molecule has 0 saturated carbocycles. The first-order chi connectivity index (χ1) is 13.3. The average Bonchev–Trinajstić information content (AvgIpc) is 3.24. The first-order valence-electron chi connectivity index (χ1n) is 9.27. The molecule has 0 aliphatic carbocycles. The molecule has 1 fully saturated rings. The minimum atomic E-state index is -0.0130. The van der Waals surface area contributed by atoms with E-state index < -0.39 is 0 Å². The van der Waals surface area contributed by atoms with Gasteiger partial charge in [-0.25, -0.2) is 15.0 Å². The summed E-state index contributed by atoms with van der Waals surface area (Å²) in [7, 11) is 1.60. The normalized spacial score (nSPS) is 20.1. The van der Waals surface area contributed by atoms with Crippen LogP contribution in [0.2, 0.25) is 0 Å².